The van der Waals surface area contributed by atoms with Gasteiger partial charge in [-0.25, -0.2) is 4.79 Å². The lowest BCUT2D eigenvalue weighted by Gasteiger charge is -2.09. The number of carbonyl (C=O) groups is 2. The van der Waals surface area contributed by atoms with Gasteiger partial charge in [0.25, 0.3) is 5.91 Å². The summed E-state index contributed by atoms with van der Waals surface area (Å²) in [7, 11) is 0. The van der Waals surface area contributed by atoms with Crippen LogP contribution in [-0.4, -0.2) is 17.0 Å². The van der Waals surface area contributed by atoms with Crippen molar-refractivity contribution < 1.29 is 14.7 Å². The maximum Gasteiger partial charge on any atom is 0.335 e. The number of carboxylic acid groups (broad SMARTS) is 1. The number of rotatable bonds is 3. The van der Waals surface area contributed by atoms with Gasteiger partial charge in [-0.2, -0.15) is 0 Å². The van der Waals surface area contributed by atoms with E-state index in [9.17, 15) is 9.59 Å². The van der Waals surface area contributed by atoms with Gasteiger partial charge in [-0.3, -0.25) is 4.79 Å². The van der Waals surface area contributed by atoms with Gasteiger partial charge in [0.05, 0.1) is 21.2 Å². The second-order valence-electron chi connectivity index (χ2n) is 4.09. The number of hydrogen-bond acceptors (Lipinski definition) is 2. The van der Waals surface area contributed by atoms with E-state index in [0.29, 0.717) is 0 Å². The molecule has 2 rings (SSSR count). The van der Waals surface area contributed by atoms with Gasteiger partial charge in [0.2, 0.25) is 0 Å². The normalized spacial score (nSPS) is 10.2. The van der Waals surface area contributed by atoms with Gasteiger partial charge in [-0.15, -0.1) is 0 Å². The number of halogens is 3. The molecule has 1 amide bonds. The van der Waals surface area contributed by atoms with Crippen molar-refractivity contribution in [1.29, 1.82) is 0 Å². The fourth-order valence-electron chi connectivity index (χ4n) is 1.66. The van der Waals surface area contributed by atoms with Gasteiger partial charge in [0.15, 0.2) is 0 Å². The van der Waals surface area contributed by atoms with E-state index >= 15 is 0 Å². The first kappa shape index (κ1) is 15.6. The molecule has 108 valence electrons. The Morgan fingerprint density at radius 1 is 1.05 bits per heavy atom. The standard InChI is InChI=1S/C14H8Cl3NO3/c15-8-4-7(14(20)21)5-9(6-8)18-13(19)10-2-1-3-11(16)12(10)17/h1-6H,(H,18,19)(H,20,21). The molecule has 2 aromatic carbocycles. The lowest BCUT2D eigenvalue weighted by atomic mass is 10.1. The predicted octanol–water partition coefficient (Wildman–Crippen LogP) is 4.60. The molecular formula is C14H8Cl3NO3. The fraction of sp³-hybridized carbons (Fsp3) is 0. The number of amides is 1. The molecular weight excluding hydrogens is 337 g/mol. The predicted molar refractivity (Wildman–Crippen MR) is 82.8 cm³/mol. The summed E-state index contributed by atoms with van der Waals surface area (Å²) in [6.07, 6.45) is 0. The van der Waals surface area contributed by atoms with Gasteiger partial charge in [-0.1, -0.05) is 40.9 Å². The van der Waals surface area contributed by atoms with Crippen molar-refractivity contribution in [2.24, 2.45) is 0 Å². The lowest BCUT2D eigenvalue weighted by Crippen LogP contribution is -2.13. The largest absolute Gasteiger partial charge is 0.478 e. The number of carbonyl (C=O) groups excluding carboxylic acids is 1. The number of aromatic carboxylic acids is 1. The number of anilines is 1. The monoisotopic (exact) mass is 343 g/mol. The summed E-state index contributed by atoms with van der Waals surface area (Å²) in [6.45, 7) is 0. The Balaban J connectivity index is 2.31. The minimum absolute atomic E-state index is 0.0324. The Labute approximate surface area is 135 Å². The molecule has 2 aromatic rings. The van der Waals surface area contributed by atoms with E-state index in [1.54, 1.807) is 12.1 Å². The maximum atomic E-state index is 12.1. The molecule has 0 aromatic heterocycles. The molecule has 0 spiro atoms. The van der Waals surface area contributed by atoms with Crippen LogP contribution in [-0.2, 0) is 0 Å². The van der Waals surface area contributed by atoms with E-state index in [1.807, 2.05) is 0 Å². The topological polar surface area (TPSA) is 66.4 Å². The second-order valence-corrected chi connectivity index (χ2v) is 5.31. The van der Waals surface area contributed by atoms with E-state index in [0.717, 1.165) is 0 Å². The third kappa shape index (κ3) is 3.67. The summed E-state index contributed by atoms with van der Waals surface area (Å²) in [6, 6.07) is 8.67. The molecule has 0 heterocycles. The van der Waals surface area contributed by atoms with Crippen molar-refractivity contribution in [2.45, 2.75) is 0 Å². The van der Waals surface area contributed by atoms with Crippen molar-refractivity contribution in [3.8, 4) is 0 Å². The Kier molecular flexibility index (Phi) is 4.73. The molecule has 2 N–H and O–H groups in total. The highest BCUT2D eigenvalue weighted by Crippen LogP contribution is 2.27. The summed E-state index contributed by atoms with van der Waals surface area (Å²) in [4.78, 5) is 23.1. The van der Waals surface area contributed by atoms with Gasteiger partial charge in [0, 0.05) is 10.7 Å². The summed E-state index contributed by atoms with van der Waals surface area (Å²) in [5.41, 5.74) is 0.400. The van der Waals surface area contributed by atoms with Crippen molar-refractivity contribution >= 4 is 52.4 Å². The average Bonchev–Trinajstić information content (AvgIpc) is 2.41. The molecule has 7 heteroatoms. The zero-order chi connectivity index (χ0) is 15.6. The summed E-state index contributed by atoms with van der Waals surface area (Å²) in [5, 5.41) is 12.1. The van der Waals surface area contributed by atoms with Crippen LogP contribution >= 0.6 is 34.8 Å². The summed E-state index contributed by atoms with van der Waals surface area (Å²) in [5.74, 6) is -1.66. The Morgan fingerprint density at radius 3 is 2.43 bits per heavy atom. The number of hydrogen-bond donors (Lipinski definition) is 2. The second kappa shape index (κ2) is 6.35. The number of benzene rings is 2. The fourth-order valence-corrected chi connectivity index (χ4v) is 2.28. The molecule has 0 atom stereocenters. The zero-order valence-corrected chi connectivity index (χ0v) is 12.6. The van der Waals surface area contributed by atoms with Crippen LogP contribution < -0.4 is 5.32 Å². The minimum Gasteiger partial charge on any atom is -0.478 e. The zero-order valence-electron chi connectivity index (χ0n) is 10.4. The van der Waals surface area contributed by atoms with Crippen molar-refractivity contribution in [3.05, 3.63) is 62.6 Å². The van der Waals surface area contributed by atoms with Crippen LogP contribution in [0.15, 0.2) is 36.4 Å². The molecule has 0 aliphatic heterocycles. The average molecular weight is 345 g/mol. The summed E-state index contributed by atoms with van der Waals surface area (Å²) < 4.78 is 0. The van der Waals surface area contributed by atoms with Crippen LogP contribution in [0.1, 0.15) is 20.7 Å². The van der Waals surface area contributed by atoms with Crippen LogP contribution in [0.4, 0.5) is 5.69 Å². The quantitative estimate of drug-likeness (QED) is 0.855. The first-order chi connectivity index (χ1) is 9.88. The molecule has 0 aliphatic carbocycles. The van der Waals surface area contributed by atoms with Crippen LogP contribution in [0, 0.1) is 0 Å². The van der Waals surface area contributed by atoms with Crippen molar-refractivity contribution in [1.82, 2.24) is 0 Å². The minimum atomic E-state index is -1.14. The van der Waals surface area contributed by atoms with Crippen LogP contribution in [0.3, 0.4) is 0 Å². The van der Waals surface area contributed by atoms with Crippen LogP contribution in [0.2, 0.25) is 15.1 Å². The molecule has 21 heavy (non-hydrogen) atoms. The van der Waals surface area contributed by atoms with E-state index in [-0.39, 0.29) is 31.9 Å². The highest BCUT2D eigenvalue weighted by atomic mass is 35.5. The highest BCUT2D eigenvalue weighted by Gasteiger charge is 2.14. The molecule has 0 saturated heterocycles. The van der Waals surface area contributed by atoms with Crippen LogP contribution in [0.25, 0.3) is 0 Å². The van der Waals surface area contributed by atoms with Crippen LogP contribution in [0.5, 0.6) is 0 Å². The summed E-state index contributed by atoms with van der Waals surface area (Å²) >= 11 is 17.6. The third-order valence-corrected chi connectivity index (χ3v) is 3.64. The molecule has 0 fully saturated rings. The Morgan fingerprint density at radius 2 is 1.76 bits per heavy atom. The molecule has 4 nitrogen and oxygen atoms in total. The number of carboxylic acids is 1. The van der Waals surface area contributed by atoms with Gasteiger partial charge in [0.1, 0.15) is 0 Å². The van der Waals surface area contributed by atoms with E-state index in [2.05, 4.69) is 5.32 Å². The van der Waals surface area contributed by atoms with Crippen molar-refractivity contribution in [3.63, 3.8) is 0 Å². The first-order valence-corrected chi connectivity index (χ1v) is 6.81. The van der Waals surface area contributed by atoms with Gasteiger partial charge >= 0.3 is 5.97 Å². The highest BCUT2D eigenvalue weighted by molar-refractivity contribution is 6.44. The SMILES string of the molecule is O=C(O)c1cc(Cl)cc(NC(=O)c2cccc(Cl)c2Cl)c1. The Hall–Kier alpha value is -1.75. The maximum absolute atomic E-state index is 12.1. The third-order valence-electron chi connectivity index (χ3n) is 2.60. The molecule has 0 bridgehead atoms. The smallest absolute Gasteiger partial charge is 0.335 e. The van der Waals surface area contributed by atoms with E-state index < -0.39 is 11.9 Å². The van der Waals surface area contributed by atoms with Crippen molar-refractivity contribution in [2.75, 3.05) is 5.32 Å². The van der Waals surface area contributed by atoms with E-state index in [1.165, 1.54) is 24.3 Å². The van der Waals surface area contributed by atoms with Gasteiger partial charge < -0.3 is 10.4 Å². The molecule has 0 unspecified atom stereocenters. The molecule has 0 radical (unpaired) electrons. The van der Waals surface area contributed by atoms with Gasteiger partial charge in [-0.05, 0) is 30.3 Å². The lowest BCUT2D eigenvalue weighted by molar-refractivity contribution is 0.0696. The molecule has 0 saturated carbocycles. The Bertz CT molecular complexity index is 731. The molecule has 0 aliphatic rings. The first-order valence-electron chi connectivity index (χ1n) is 5.67. The number of nitrogens with one attached hydrogen (secondary N) is 1. The van der Waals surface area contributed by atoms with E-state index in [4.69, 9.17) is 39.9 Å².